The van der Waals surface area contributed by atoms with Crippen LogP contribution in [0.15, 0.2) is 146 Å². The summed E-state index contributed by atoms with van der Waals surface area (Å²) in [5, 5.41) is 7.51. The normalized spacial score (nSPS) is 12.2. The summed E-state index contributed by atoms with van der Waals surface area (Å²) in [6.45, 7) is 21.7. The van der Waals surface area contributed by atoms with Gasteiger partial charge in [-0.1, -0.05) is 91.5 Å². The first-order valence-corrected chi connectivity index (χ1v) is 22.8. The second-order valence-electron chi connectivity index (χ2n) is 15.9. The first-order chi connectivity index (χ1) is 29.0. The molecule has 0 spiro atoms. The highest BCUT2D eigenvalue weighted by atomic mass is 31.2. The van der Waals surface area contributed by atoms with Gasteiger partial charge < -0.3 is 14.1 Å². The summed E-state index contributed by atoms with van der Waals surface area (Å²) >= 11 is 0. The van der Waals surface area contributed by atoms with Crippen LogP contribution in [-0.4, -0.2) is 13.0 Å². The molecule has 300 valence electrons. The Morgan fingerprint density at radius 3 is 1.40 bits per heavy atom. The van der Waals surface area contributed by atoms with Gasteiger partial charge in [0.25, 0.3) is 0 Å². The standard InChI is InChI=1S/C52H50N4O2P2/c1-33(2)41-18-10-14-22-45(41)53-59(54-30-36(5)42-19-11-15-23-46(42)54)57-49-28-26-34(3)39(8)51(49)52-40(9)35(4)27-29-50(52)58-60(55-31-37(6)43-20-12-16-24-47(43)55)56-32-38(7)44-21-13-17-25-48(44)56/h10-32,53H,1H2,2-9H3. The summed E-state index contributed by atoms with van der Waals surface area (Å²) in [6, 6.07) is 42.8. The van der Waals surface area contributed by atoms with E-state index in [2.05, 4.69) is 213 Å². The fraction of sp³-hybridized carbons (Fsp3) is 0.154. The molecule has 8 heteroatoms. The quantitative estimate of drug-likeness (QED) is 0.132. The molecule has 60 heavy (non-hydrogen) atoms. The molecular formula is C52H50N4O2P2. The summed E-state index contributed by atoms with van der Waals surface area (Å²) in [4.78, 5) is 0. The Hall–Kier alpha value is -6.06. The molecule has 0 radical (unpaired) electrons. The highest BCUT2D eigenvalue weighted by Crippen LogP contribution is 2.54. The van der Waals surface area contributed by atoms with Crippen molar-refractivity contribution in [3.63, 3.8) is 0 Å². The van der Waals surface area contributed by atoms with Gasteiger partial charge in [0, 0.05) is 57.1 Å². The van der Waals surface area contributed by atoms with Crippen molar-refractivity contribution in [2.45, 2.75) is 55.4 Å². The largest absolute Gasteiger partial charge is 0.436 e. The molecule has 1 unspecified atom stereocenters. The van der Waals surface area contributed by atoms with Crippen LogP contribution < -0.4 is 14.1 Å². The Labute approximate surface area is 355 Å². The lowest BCUT2D eigenvalue weighted by Gasteiger charge is -2.28. The molecule has 0 aliphatic rings. The maximum atomic E-state index is 7.60. The minimum absolute atomic E-state index is 0.785. The Morgan fingerprint density at radius 1 is 0.483 bits per heavy atom. The van der Waals surface area contributed by atoms with Crippen LogP contribution >= 0.6 is 16.9 Å². The number of aromatic nitrogens is 3. The molecule has 6 nitrogen and oxygen atoms in total. The molecule has 0 amide bonds. The van der Waals surface area contributed by atoms with Crippen LogP contribution in [0.25, 0.3) is 49.4 Å². The van der Waals surface area contributed by atoms with E-state index in [1.54, 1.807) is 0 Å². The number of hydrogen-bond acceptors (Lipinski definition) is 3. The van der Waals surface area contributed by atoms with E-state index in [9.17, 15) is 0 Å². The van der Waals surface area contributed by atoms with Gasteiger partial charge >= 0.3 is 16.9 Å². The van der Waals surface area contributed by atoms with E-state index in [1.807, 2.05) is 6.92 Å². The molecule has 0 bridgehead atoms. The van der Waals surface area contributed by atoms with Crippen molar-refractivity contribution in [2.24, 2.45) is 0 Å². The zero-order valence-corrected chi connectivity index (χ0v) is 37.3. The third-order valence-electron chi connectivity index (χ3n) is 11.9. The predicted octanol–water partition coefficient (Wildman–Crippen LogP) is 15.4. The summed E-state index contributed by atoms with van der Waals surface area (Å²) in [5.74, 6) is 1.59. The van der Waals surface area contributed by atoms with Crippen LogP contribution in [0.3, 0.4) is 0 Å². The van der Waals surface area contributed by atoms with Gasteiger partial charge in [0.05, 0.1) is 16.6 Å². The molecule has 0 saturated heterocycles. The van der Waals surface area contributed by atoms with Gasteiger partial charge in [0.1, 0.15) is 11.5 Å². The lowest BCUT2D eigenvalue weighted by atomic mass is 9.90. The van der Waals surface area contributed by atoms with E-state index >= 15 is 0 Å². The Bertz CT molecular complexity index is 3040. The van der Waals surface area contributed by atoms with Gasteiger partial charge in [-0.25, -0.2) is 0 Å². The van der Waals surface area contributed by atoms with E-state index in [1.165, 1.54) is 44.0 Å². The molecule has 1 atom stereocenters. The topological polar surface area (TPSA) is 45.3 Å². The van der Waals surface area contributed by atoms with E-state index < -0.39 is 16.9 Å². The summed E-state index contributed by atoms with van der Waals surface area (Å²) in [5.41, 5.74) is 16.7. The van der Waals surface area contributed by atoms with Crippen molar-refractivity contribution in [1.29, 1.82) is 0 Å². The number of benzene rings is 6. The number of nitrogens with one attached hydrogen (secondary N) is 1. The lowest BCUT2D eigenvalue weighted by molar-refractivity contribution is 0.592. The third-order valence-corrected chi connectivity index (χ3v) is 15.1. The molecule has 0 aliphatic heterocycles. The number of fused-ring (bicyclic) bond motifs is 3. The molecule has 6 aromatic carbocycles. The average molecular weight is 825 g/mol. The number of anilines is 1. The van der Waals surface area contributed by atoms with Crippen LogP contribution in [0.4, 0.5) is 5.69 Å². The Morgan fingerprint density at radius 2 is 0.900 bits per heavy atom. The number of para-hydroxylation sites is 4. The first-order valence-electron chi connectivity index (χ1n) is 20.4. The summed E-state index contributed by atoms with van der Waals surface area (Å²) in [7, 11) is -3.01. The highest BCUT2D eigenvalue weighted by molar-refractivity contribution is 7.53. The predicted molar refractivity (Wildman–Crippen MR) is 257 cm³/mol. The molecule has 1 N–H and O–H groups in total. The summed E-state index contributed by atoms with van der Waals surface area (Å²) in [6.07, 6.45) is 6.71. The Balaban J connectivity index is 1.24. The Kier molecular flexibility index (Phi) is 10.4. The van der Waals surface area contributed by atoms with Crippen molar-refractivity contribution in [3.8, 4) is 22.6 Å². The number of allylic oxidation sites excluding steroid dienone is 1. The van der Waals surface area contributed by atoms with Crippen LogP contribution in [0.2, 0.25) is 0 Å². The monoisotopic (exact) mass is 824 g/mol. The highest BCUT2D eigenvalue weighted by Gasteiger charge is 2.29. The minimum atomic E-state index is -1.53. The van der Waals surface area contributed by atoms with Crippen LogP contribution in [0.1, 0.15) is 51.4 Å². The molecule has 0 fully saturated rings. The van der Waals surface area contributed by atoms with Gasteiger partial charge in [0.15, 0.2) is 0 Å². The zero-order valence-electron chi connectivity index (χ0n) is 35.5. The fourth-order valence-electron chi connectivity index (χ4n) is 8.33. The zero-order chi connectivity index (χ0) is 41.8. The van der Waals surface area contributed by atoms with Gasteiger partial charge in [-0.15, -0.1) is 0 Å². The van der Waals surface area contributed by atoms with Crippen molar-refractivity contribution in [1.82, 2.24) is 13.0 Å². The van der Waals surface area contributed by atoms with Crippen molar-refractivity contribution < 1.29 is 9.05 Å². The van der Waals surface area contributed by atoms with Crippen molar-refractivity contribution in [3.05, 3.63) is 191 Å². The number of nitrogens with zero attached hydrogens (tertiary/aromatic N) is 3. The second-order valence-corrected chi connectivity index (χ2v) is 18.9. The maximum Gasteiger partial charge on any atom is 0.318 e. The van der Waals surface area contributed by atoms with Crippen LogP contribution in [-0.2, 0) is 0 Å². The fourth-order valence-corrected chi connectivity index (χ4v) is 11.9. The molecule has 0 aliphatic carbocycles. The summed E-state index contributed by atoms with van der Waals surface area (Å²) < 4.78 is 22.0. The van der Waals surface area contributed by atoms with E-state index in [0.717, 1.165) is 67.1 Å². The molecule has 3 heterocycles. The smallest absolute Gasteiger partial charge is 0.318 e. The third kappa shape index (κ3) is 6.88. The number of rotatable bonds is 11. The molecule has 9 aromatic rings. The van der Waals surface area contributed by atoms with Crippen molar-refractivity contribution >= 4 is 60.9 Å². The van der Waals surface area contributed by atoms with Gasteiger partial charge in [-0.2, -0.15) is 0 Å². The molecular weight excluding hydrogens is 775 g/mol. The van der Waals surface area contributed by atoms with E-state index in [0.29, 0.717) is 0 Å². The molecule has 9 rings (SSSR count). The van der Waals surface area contributed by atoms with Crippen molar-refractivity contribution in [2.75, 3.05) is 5.09 Å². The van der Waals surface area contributed by atoms with E-state index in [4.69, 9.17) is 9.05 Å². The molecule has 3 aromatic heterocycles. The van der Waals surface area contributed by atoms with Gasteiger partial charge in [-0.3, -0.25) is 13.0 Å². The second kappa shape index (κ2) is 15.8. The van der Waals surface area contributed by atoms with Gasteiger partial charge in [0.2, 0.25) is 0 Å². The van der Waals surface area contributed by atoms with Crippen LogP contribution in [0.5, 0.6) is 11.5 Å². The minimum Gasteiger partial charge on any atom is -0.436 e. The number of hydrogen-bond donors (Lipinski definition) is 1. The lowest BCUT2D eigenvalue weighted by Crippen LogP contribution is -2.09. The average Bonchev–Trinajstić information content (AvgIpc) is 3.90. The van der Waals surface area contributed by atoms with Crippen LogP contribution in [0, 0.1) is 48.5 Å². The SMILES string of the molecule is C=C(C)c1ccccc1NP(Oc1ccc(C)c(C)c1-c1c(OP(n2cc(C)c3ccccc32)n2cc(C)c3ccccc32)ccc(C)c1C)n1cc(C)c2ccccc21. The maximum absolute atomic E-state index is 7.60. The van der Waals surface area contributed by atoms with E-state index in [-0.39, 0.29) is 0 Å². The first kappa shape index (κ1) is 39.4. The van der Waals surface area contributed by atoms with Gasteiger partial charge in [-0.05, 0) is 136 Å². The molecule has 0 saturated carbocycles. The number of aryl methyl sites for hydroxylation is 5.